The number of carbonyl (C=O) groups is 1. The van der Waals surface area contributed by atoms with Gasteiger partial charge in [0.1, 0.15) is 0 Å². The average Bonchev–Trinajstić information content (AvgIpc) is 2.11. The summed E-state index contributed by atoms with van der Waals surface area (Å²) >= 11 is 0. The monoisotopic (exact) mass is 189 g/mol. The fourth-order valence-electron chi connectivity index (χ4n) is 1.34. The summed E-state index contributed by atoms with van der Waals surface area (Å²) in [7, 11) is 0. The van der Waals surface area contributed by atoms with Gasteiger partial charge in [0.05, 0.1) is 6.17 Å². The van der Waals surface area contributed by atoms with Crippen LogP contribution in [0.4, 0.5) is 0 Å². The van der Waals surface area contributed by atoms with E-state index in [9.17, 15) is 4.79 Å². The predicted octanol–water partition coefficient (Wildman–Crippen LogP) is -0.212. The summed E-state index contributed by atoms with van der Waals surface area (Å²) in [5, 5.41) is 8.58. The Labute approximate surface area is 78.4 Å². The lowest BCUT2D eigenvalue weighted by molar-refractivity contribution is -0.124. The fraction of sp³-hybridized carbons (Fsp3) is 0.875. The largest absolute Gasteiger partial charge is 0.369 e. The summed E-state index contributed by atoms with van der Waals surface area (Å²) in [5.41, 5.74) is 12.7. The molecule has 0 aromatic carbocycles. The van der Waals surface area contributed by atoms with Gasteiger partial charge >= 0.3 is 0 Å². The second-order valence-corrected chi connectivity index (χ2v) is 3.31. The third-order valence-electron chi connectivity index (χ3n) is 2.32. The molecule has 0 spiro atoms. The van der Waals surface area contributed by atoms with Gasteiger partial charge in [-0.15, -0.1) is 0 Å². The lowest BCUT2D eigenvalue weighted by Gasteiger charge is -2.25. The molecule has 0 fully saturated rings. The average molecular weight is 189 g/mol. The first-order chi connectivity index (χ1) is 6.04. The number of nitrogens with two attached hydrogens (primary N) is 2. The van der Waals surface area contributed by atoms with Crippen molar-refractivity contribution in [2.75, 3.05) is 0 Å². The number of hydrogen-bond acceptors (Lipinski definition) is 4. The van der Waals surface area contributed by atoms with E-state index in [-0.39, 0.29) is 17.7 Å². The van der Waals surface area contributed by atoms with Gasteiger partial charge in [0, 0.05) is 5.92 Å². The second kappa shape index (κ2) is 5.90. The van der Waals surface area contributed by atoms with E-state index < -0.39 is 6.17 Å². The van der Waals surface area contributed by atoms with Crippen LogP contribution in [0.1, 0.15) is 26.7 Å². The molecule has 0 radical (unpaired) electrons. The molecule has 5 heteroatoms. The van der Waals surface area contributed by atoms with Crippen molar-refractivity contribution in [2.45, 2.75) is 32.9 Å². The van der Waals surface area contributed by atoms with Crippen LogP contribution in [0.3, 0.4) is 0 Å². The van der Waals surface area contributed by atoms with Crippen molar-refractivity contribution in [3.05, 3.63) is 0 Å². The maximum absolute atomic E-state index is 11.0. The molecule has 13 heavy (non-hydrogen) atoms. The smallest absolute Gasteiger partial charge is 0.220 e. The first-order valence-electron chi connectivity index (χ1n) is 4.49. The maximum atomic E-state index is 11.0. The van der Waals surface area contributed by atoms with Crippen molar-refractivity contribution in [2.24, 2.45) is 23.3 Å². The Balaban J connectivity index is 4.26. The van der Waals surface area contributed by atoms with Crippen LogP contribution in [0.15, 0.2) is 0 Å². The van der Waals surface area contributed by atoms with Crippen LogP contribution in [0.2, 0.25) is 0 Å². The van der Waals surface area contributed by atoms with E-state index in [0.29, 0.717) is 6.42 Å². The van der Waals surface area contributed by atoms with E-state index in [2.05, 4.69) is 0 Å². The summed E-state index contributed by atoms with van der Waals surface area (Å²) < 4.78 is 0. The molecule has 3 atom stereocenters. The molecule has 0 aromatic rings. The molecule has 0 bridgehead atoms. The summed E-state index contributed by atoms with van der Waals surface area (Å²) in [4.78, 5) is 11.0. The minimum Gasteiger partial charge on any atom is -0.369 e. The molecule has 0 aliphatic carbocycles. The number of hydrogen-bond donors (Lipinski definition) is 4. The number of primary amides is 1. The highest BCUT2D eigenvalue weighted by Gasteiger charge is 2.26. The highest BCUT2D eigenvalue weighted by atomic mass is 16.5. The van der Waals surface area contributed by atoms with E-state index in [4.69, 9.17) is 16.7 Å². The first kappa shape index (κ1) is 12.3. The topological polar surface area (TPSA) is 101 Å². The van der Waals surface area contributed by atoms with E-state index >= 15 is 0 Å². The number of amides is 1. The van der Waals surface area contributed by atoms with Gasteiger partial charge in [0.15, 0.2) is 0 Å². The molecule has 0 saturated carbocycles. The summed E-state index contributed by atoms with van der Waals surface area (Å²) in [6, 6.07) is 0. The predicted molar refractivity (Wildman–Crippen MR) is 49.7 cm³/mol. The summed E-state index contributed by atoms with van der Waals surface area (Å²) in [6.45, 7) is 3.76. The minimum atomic E-state index is -0.607. The molecular weight excluding hydrogens is 170 g/mol. The lowest BCUT2D eigenvalue weighted by atomic mass is 9.87. The fourth-order valence-corrected chi connectivity index (χ4v) is 1.34. The zero-order valence-corrected chi connectivity index (χ0v) is 8.16. The molecule has 0 saturated heterocycles. The molecule has 0 aliphatic heterocycles. The molecule has 78 valence electrons. The van der Waals surface area contributed by atoms with Crippen molar-refractivity contribution in [3.8, 4) is 0 Å². The van der Waals surface area contributed by atoms with Crippen LogP contribution < -0.4 is 16.9 Å². The van der Waals surface area contributed by atoms with Crippen LogP contribution in [0.5, 0.6) is 0 Å². The second-order valence-electron chi connectivity index (χ2n) is 3.31. The molecule has 0 rings (SSSR count). The molecule has 5 nitrogen and oxygen atoms in total. The molecule has 2 unspecified atom stereocenters. The third kappa shape index (κ3) is 3.71. The Morgan fingerprint density at radius 3 is 2.46 bits per heavy atom. The Kier molecular flexibility index (Phi) is 5.61. The van der Waals surface area contributed by atoms with Crippen LogP contribution in [-0.2, 0) is 4.79 Å². The van der Waals surface area contributed by atoms with Gasteiger partial charge in [-0.05, 0) is 12.3 Å². The number of hydroxylamine groups is 1. The number of carbonyl (C=O) groups excluding carboxylic acids is 1. The zero-order chi connectivity index (χ0) is 10.4. The Bertz CT molecular complexity index is 163. The molecule has 0 heterocycles. The highest BCUT2D eigenvalue weighted by molar-refractivity contribution is 5.76. The first-order valence-corrected chi connectivity index (χ1v) is 4.49. The van der Waals surface area contributed by atoms with Crippen LogP contribution in [-0.4, -0.2) is 17.3 Å². The third-order valence-corrected chi connectivity index (χ3v) is 2.32. The van der Waals surface area contributed by atoms with Gasteiger partial charge < -0.3 is 16.7 Å². The van der Waals surface area contributed by atoms with E-state index in [1.54, 1.807) is 6.92 Å². The van der Waals surface area contributed by atoms with Crippen molar-refractivity contribution in [1.29, 1.82) is 0 Å². The number of nitrogens with one attached hydrogen (secondary N) is 1. The minimum absolute atomic E-state index is 0.164. The lowest BCUT2D eigenvalue weighted by Crippen LogP contribution is -2.46. The van der Waals surface area contributed by atoms with Crippen LogP contribution in [0, 0.1) is 11.8 Å². The molecule has 6 N–H and O–H groups in total. The van der Waals surface area contributed by atoms with Gasteiger partial charge in [-0.1, -0.05) is 20.3 Å². The van der Waals surface area contributed by atoms with E-state index in [1.807, 2.05) is 12.4 Å². The van der Waals surface area contributed by atoms with E-state index in [1.165, 1.54) is 0 Å². The Hall–Kier alpha value is -0.650. The Morgan fingerprint density at radius 1 is 1.62 bits per heavy atom. The molecular formula is C8H19N3O2. The highest BCUT2D eigenvalue weighted by Crippen LogP contribution is 2.18. The summed E-state index contributed by atoms with van der Waals surface area (Å²) in [6.07, 6.45) is 0.964. The Morgan fingerprint density at radius 2 is 2.15 bits per heavy atom. The molecule has 0 aromatic heterocycles. The molecule has 0 aliphatic rings. The standard InChI is InChI=1S/C8H19N3O2/c1-3-4-6(8(10)12)5(2)7(9)11-13/h5-7,11,13H,3-4,9H2,1-2H3,(H2,10,12)/t5?,6?,7-/m0/s1. The quantitative estimate of drug-likeness (QED) is 0.343. The van der Waals surface area contributed by atoms with Crippen molar-refractivity contribution >= 4 is 5.91 Å². The van der Waals surface area contributed by atoms with Crippen LogP contribution >= 0.6 is 0 Å². The van der Waals surface area contributed by atoms with Crippen molar-refractivity contribution in [3.63, 3.8) is 0 Å². The molecule has 1 amide bonds. The van der Waals surface area contributed by atoms with Gasteiger partial charge in [-0.3, -0.25) is 4.79 Å². The van der Waals surface area contributed by atoms with Gasteiger partial charge in [0.2, 0.25) is 5.91 Å². The van der Waals surface area contributed by atoms with Gasteiger partial charge in [-0.25, -0.2) is 0 Å². The van der Waals surface area contributed by atoms with Gasteiger partial charge in [0.25, 0.3) is 0 Å². The van der Waals surface area contributed by atoms with Crippen molar-refractivity contribution in [1.82, 2.24) is 5.48 Å². The SMILES string of the molecule is CCCC(C(N)=O)C(C)[C@@H](N)NO. The summed E-state index contributed by atoms with van der Waals surface area (Å²) in [5.74, 6) is -0.804. The normalized spacial score (nSPS) is 17.8. The zero-order valence-electron chi connectivity index (χ0n) is 8.16. The van der Waals surface area contributed by atoms with E-state index in [0.717, 1.165) is 6.42 Å². The number of rotatable bonds is 6. The van der Waals surface area contributed by atoms with Crippen molar-refractivity contribution < 1.29 is 10.0 Å². The van der Waals surface area contributed by atoms with Gasteiger partial charge in [-0.2, -0.15) is 5.48 Å². The maximum Gasteiger partial charge on any atom is 0.220 e. The van der Waals surface area contributed by atoms with Crippen LogP contribution in [0.25, 0.3) is 0 Å².